The Hall–Kier alpha value is 0.780. The van der Waals surface area contributed by atoms with E-state index in [4.69, 9.17) is 4.55 Å². The topological polar surface area (TPSA) is 83.5 Å². The molecule has 2 N–H and O–H groups in total. The van der Waals surface area contributed by atoms with E-state index in [-0.39, 0.29) is 28.1 Å². The van der Waals surface area contributed by atoms with Gasteiger partial charge in [0.1, 0.15) is 0 Å². The van der Waals surface area contributed by atoms with E-state index >= 15 is 0 Å². The summed E-state index contributed by atoms with van der Waals surface area (Å²) in [5.74, 6) is 1.13. The van der Waals surface area contributed by atoms with Crippen molar-refractivity contribution in [1.29, 1.82) is 0 Å². The SMILES string of the molecule is CSS[C@H](C(=O)NCCCSS[C@H](CS(=O)(=O)O)C(C)C)C(C)C. The van der Waals surface area contributed by atoms with Gasteiger partial charge >= 0.3 is 0 Å². The van der Waals surface area contributed by atoms with Crippen molar-refractivity contribution in [2.24, 2.45) is 11.8 Å². The van der Waals surface area contributed by atoms with Crippen molar-refractivity contribution in [2.75, 3.05) is 24.3 Å². The Labute approximate surface area is 162 Å². The fourth-order valence-corrected chi connectivity index (χ4v) is 8.46. The molecule has 0 saturated heterocycles. The smallest absolute Gasteiger partial charge is 0.265 e. The van der Waals surface area contributed by atoms with E-state index in [1.165, 1.54) is 10.8 Å². The largest absolute Gasteiger partial charge is 0.355 e. The molecule has 144 valence electrons. The van der Waals surface area contributed by atoms with Crippen molar-refractivity contribution in [3.63, 3.8) is 0 Å². The second-order valence-electron chi connectivity index (χ2n) is 6.02. The molecule has 0 spiro atoms. The first-order valence-electron chi connectivity index (χ1n) is 7.79. The number of amides is 1. The van der Waals surface area contributed by atoms with Gasteiger partial charge in [0, 0.05) is 17.5 Å². The molecule has 0 aliphatic heterocycles. The lowest BCUT2D eigenvalue weighted by molar-refractivity contribution is -0.121. The minimum absolute atomic E-state index is 0.0397. The summed E-state index contributed by atoms with van der Waals surface area (Å²) in [4.78, 5) is 12.1. The van der Waals surface area contributed by atoms with Crippen LogP contribution >= 0.6 is 43.2 Å². The molecule has 0 aromatic heterocycles. The highest BCUT2D eigenvalue weighted by Crippen LogP contribution is 2.32. The molecule has 2 atom stereocenters. The van der Waals surface area contributed by atoms with Crippen LogP contribution in [0.2, 0.25) is 0 Å². The lowest BCUT2D eigenvalue weighted by Crippen LogP contribution is -2.36. The van der Waals surface area contributed by atoms with Gasteiger partial charge in [0.25, 0.3) is 10.1 Å². The molecule has 1 amide bonds. The van der Waals surface area contributed by atoms with Crippen LogP contribution in [0.3, 0.4) is 0 Å². The quantitative estimate of drug-likeness (QED) is 0.257. The van der Waals surface area contributed by atoms with E-state index in [1.54, 1.807) is 32.4 Å². The van der Waals surface area contributed by atoms with E-state index in [9.17, 15) is 13.2 Å². The third-order valence-electron chi connectivity index (χ3n) is 3.08. The molecule has 0 aromatic rings. The van der Waals surface area contributed by atoms with Crippen molar-refractivity contribution in [1.82, 2.24) is 5.32 Å². The summed E-state index contributed by atoms with van der Waals surface area (Å²) in [5.41, 5.74) is 0. The fraction of sp³-hybridized carbons (Fsp3) is 0.929. The standard InChI is InChI=1S/C14H29NO4S5/c1-10(2)12(9-24(17,18)19)22-21-8-6-7-15-14(16)13(11(3)4)23-20-5/h10-13H,6-9H2,1-5H3,(H,15,16)(H,17,18,19)/t12-,13+/m1/s1. The molecular formula is C14H29NO4S5. The van der Waals surface area contributed by atoms with Crippen molar-refractivity contribution in [3.8, 4) is 0 Å². The van der Waals surface area contributed by atoms with Gasteiger partial charge in [-0.3, -0.25) is 9.35 Å². The van der Waals surface area contributed by atoms with Gasteiger partial charge in [-0.15, -0.1) is 0 Å². The summed E-state index contributed by atoms with van der Waals surface area (Å²) in [5, 5.41) is 2.79. The van der Waals surface area contributed by atoms with Crippen LogP contribution in [0.1, 0.15) is 34.1 Å². The number of carbonyl (C=O) groups excluding carboxylic acids is 1. The Bertz CT molecular complexity index is 456. The average Bonchev–Trinajstić information content (AvgIpc) is 2.44. The molecule has 0 radical (unpaired) electrons. The third-order valence-corrected chi connectivity index (χ3v) is 9.63. The first kappa shape index (κ1) is 24.8. The maximum Gasteiger partial charge on any atom is 0.265 e. The molecule has 24 heavy (non-hydrogen) atoms. The summed E-state index contributed by atoms with van der Waals surface area (Å²) < 4.78 is 31.0. The van der Waals surface area contributed by atoms with Crippen LogP contribution in [0.15, 0.2) is 0 Å². The first-order valence-corrected chi connectivity index (χ1v) is 14.4. The lowest BCUT2D eigenvalue weighted by atomic mass is 10.1. The fourth-order valence-electron chi connectivity index (χ4n) is 1.68. The molecule has 0 aliphatic rings. The second kappa shape index (κ2) is 13.0. The Morgan fingerprint density at radius 2 is 1.75 bits per heavy atom. The molecule has 5 nitrogen and oxygen atoms in total. The highest BCUT2D eigenvalue weighted by atomic mass is 33.1. The zero-order chi connectivity index (χ0) is 18.8. The summed E-state index contributed by atoms with van der Waals surface area (Å²) in [6.07, 6.45) is 2.80. The van der Waals surface area contributed by atoms with Gasteiger partial charge in [0.05, 0.1) is 11.0 Å². The van der Waals surface area contributed by atoms with E-state index in [0.717, 1.165) is 12.2 Å². The van der Waals surface area contributed by atoms with Crippen LogP contribution in [0, 0.1) is 11.8 Å². The molecule has 0 saturated carbocycles. The van der Waals surface area contributed by atoms with Crippen LogP contribution < -0.4 is 5.32 Å². The summed E-state index contributed by atoms with van der Waals surface area (Å²) in [6, 6.07) is 0. The Kier molecular flexibility index (Phi) is 13.4. The van der Waals surface area contributed by atoms with Gasteiger partial charge in [0.2, 0.25) is 5.91 Å². The molecule has 0 rings (SSSR count). The first-order chi connectivity index (χ1) is 11.1. The van der Waals surface area contributed by atoms with Gasteiger partial charge in [-0.05, 0) is 24.5 Å². The van der Waals surface area contributed by atoms with Crippen molar-refractivity contribution in [2.45, 2.75) is 44.6 Å². The molecule has 0 fully saturated rings. The monoisotopic (exact) mass is 435 g/mol. The lowest BCUT2D eigenvalue weighted by Gasteiger charge is -2.19. The highest BCUT2D eigenvalue weighted by molar-refractivity contribution is 8.77. The zero-order valence-corrected chi connectivity index (χ0v) is 18.9. The number of nitrogens with one attached hydrogen (secondary N) is 1. The number of hydrogen-bond acceptors (Lipinski definition) is 7. The van der Waals surface area contributed by atoms with Crippen molar-refractivity contribution in [3.05, 3.63) is 0 Å². The normalized spacial score (nSPS) is 14.8. The highest BCUT2D eigenvalue weighted by Gasteiger charge is 2.22. The number of rotatable bonds is 13. The van der Waals surface area contributed by atoms with Crippen LogP contribution in [0.5, 0.6) is 0 Å². The van der Waals surface area contributed by atoms with Crippen LogP contribution in [0.4, 0.5) is 0 Å². The van der Waals surface area contributed by atoms with E-state index in [0.29, 0.717) is 12.5 Å². The number of carbonyl (C=O) groups is 1. The Balaban J connectivity index is 4.02. The van der Waals surface area contributed by atoms with E-state index in [1.807, 2.05) is 34.0 Å². The molecule has 10 heteroatoms. The average molecular weight is 436 g/mol. The molecule has 0 bridgehead atoms. The van der Waals surface area contributed by atoms with Gasteiger partial charge in [-0.25, -0.2) is 0 Å². The van der Waals surface area contributed by atoms with E-state index < -0.39 is 10.1 Å². The Morgan fingerprint density at radius 1 is 1.12 bits per heavy atom. The summed E-state index contributed by atoms with van der Waals surface area (Å²) >= 11 is 0. The predicted octanol–water partition coefficient (Wildman–Crippen LogP) is 3.82. The second-order valence-corrected chi connectivity index (χ2v) is 12.9. The van der Waals surface area contributed by atoms with Crippen molar-refractivity contribution < 1.29 is 17.8 Å². The van der Waals surface area contributed by atoms with Gasteiger partial charge in [0.15, 0.2) is 0 Å². The minimum atomic E-state index is -3.95. The van der Waals surface area contributed by atoms with Gasteiger partial charge < -0.3 is 5.32 Å². The molecule has 0 unspecified atom stereocenters. The van der Waals surface area contributed by atoms with E-state index in [2.05, 4.69) is 5.32 Å². The zero-order valence-electron chi connectivity index (χ0n) is 14.9. The third kappa shape index (κ3) is 12.2. The predicted molar refractivity (Wildman–Crippen MR) is 112 cm³/mol. The molecule has 0 aliphatic carbocycles. The maximum absolute atomic E-state index is 12.1. The number of hydrogen-bond donors (Lipinski definition) is 2. The molecule has 0 aromatic carbocycles. The molecular weight excluding hydrogens is 406 g/mol. The maximum atomic E-state index is 12.1. The van der Waals surface area contributed by atoms with Crippen LogP contribution in [-0.4, -0.2) is 53.7 Å². The molecule has 0 heterocycles. The van der Waals surface area contributed by atoms with Crippen LogP contribution in [0.25, 0.3) is 0 Å². The van der Waals surface area contributed by atoms with Crippen molar-refractivity contribution >= 4 is 59.2 Å². The minimum Gasteiger partial charge on any atom is -0.355 e. The van der Waals surface area contributed by atoms with Crippen LogP contribution in [-0.2, 0) is 14.9 Å². The Morgan fingerprint density at radius 3 is 2.21 bits per heavy atom. The summed E-state index contributed by atoms with van der Waals surface area (Å²) in [6.45, 7) is 8.59. The summed E-state index contributed by atoms with van der Waals surface area (Å²) in [7, 11) is 2.32. The van der Waals surface area contributed by atoms with Gasteiger partial charge in [-0.2, -0.15) is 8.42 Å². The van der Waals surface area contributed by atoms with Gasteiger partial charge in [-0.1, -0.05) is 70.9 Å².